The minimum atomic E-state index is -0.603. The molecule has 0 atom stereocenters. The first-order chi connectivity index (χ1) is 8.22. The minimum Gasteiger partial charge on any atom is -0.462 e. The Bertz CT molecular complexity index is 440. The molecule has 2 rings (SSSR count). The molecule has 1 heterocycles. The number of hydrogen-bond donors (Lipinski definition) is 0. The summed E-state index contributed by atoms with van der Waals surface area (Å²) in [6.07, 6.45) is 6.99. The lowest BCUT2D eigenvalue weighted by atomic mass is 9.96. The van der Waals surface area contributed by atoms with Crippen LogP contribution in [0.15, 0.2) is 15.5 Å². The SMILES string of the molecule is CCOC(=O)c1cn(C2CCCCC2)oc1=O. The largest absolute Gasteiger partial charge is 0.462 e. The molecule has 0 aliphatic heterocycles. The summed E-state index contributed by atoms with van der Waals surface area (Å²) < 4.78 is 11.4. The lowest BCUT2D eigenvalue weighted by Crippen LogP contribution is -2.12. The molecule has 0 aromatic carbocycles. The predicted molar refractivity (Wildman–Crippen MR) is 61.0 cm³/mol. The molecule has 0 saturated heterocycles. The average molecular weight is 239 g/mol. The third-order valence-electron chi connectivity index (χ3n) is 3.09. The van der Waals surface area contributed by atoms with Gasteiger partial charge >= 0.3 is 11.6 Å². The molecule has 0 bridgehead atoms. The summed E-state index contributed by atoms with van der Waals surface area (Å²) in [5.41, 5.74) is -0.605. The zero-order valence-corrected chi connectivity index (χ0v) is 9.98. The van der Waals surface area contributed by atoms with Gasteiger partial charge in [0, 0.05) is 0 Å². The number of rotatable bonds is 3. The van der Waals surface area contributed by atoms with Crippen LogP contribution in [0.1, 0.15) is 55.4 Å². The van der Waals surface area contributed by atoms with Crippen LogP contribution in [0.25, 0.3) is 0 Å². The molecule has 1 saturated carbocycles. The zero-order valence-electron chi connectivity index (χ0n) is 9.98. The highest BCUT2D eigenvalue weighted by atomic mass is 16.5. The number of esters is 1. The van der Waals surface area contributed by atoms with Gasteiger partial charge < -0.3 is 9.26 Å². The van der Waals surface area contributed by atoms with Crippen LogP contribution in [0.4, 0.5) is 0 Å². The van der Waals surface area contributed by atoms with Crippen molar-refractivity contribution in [2.75, 3.05) is 6.61 Å². The first-order valence-electron chi connectivity index (χ1n) is 6.12. The van der Waals surface area contributed by atoms with Gasteiger partial charge in [-0.05, 0) is 19.8 Å². The van der Waals surface area contributed by atoms with E-state index in [9.17, 15) is 9.59 Å². The van der Waals surface area contributed by atoms with Crippen LogP contribution in [-0.4, -0.2) is 17.3 Å². The number of aromatic nitrogens is 1. The van der Waals surface area contributed by atoms with E-state index < -0.39 is 11.6 Å². The second-order valence-corrected chi connectivity index (χ2v) is 4.29. The number of ether oxygens (including phenoxy) is 1. The molecule has 0 radical (unpaired) electrons. The summed E-state index contributed by atoms with van der Waals surface area (Å²) in [5, 5.41) is 0. The van der Waals surface area contributed by atoms with E-state index >= 15 is 0 Å². The highest BCUT2D eigenvalue weighted by molar-refractivity contribution is 5.88. The zero-order chi connectivity index (χ0) is 12.3. The quantitative estimate of drug-likeness (QED) is 0.758. The fraction of sp³-hybridized carbons (Fsp3) is 0.667. The van der Waals surface area contributed by atoms with E-state index in [0.717, 1.165) is 25.7 Å². The van der Waals surface area contributed by atoms with Crippen LogP contribution < -0.4 is 5.63 Å². The predicted octanol–water partition coefficient (Wildman–Crippen LogP) is 2.12. The first-order valence-corrected chi connectivity index (χ1v) is 6.12. The van der Waals surface area contributed by atoms with Gasteiger partial charge in [0.15, 0.2) is 5.56 Å². The van der Waals surface area contributed by atoms with Crippen LogP contribution in [0.2, 0.25) is 0 Å². The molecule has 0 spiro atoms. The number of hydrogen-bond acceptors (Lipinski definition) is 4. The van der Waals surface area contributed by atoms with Crippen molar-refractivity contribution in [3.63, 3.8) is 0 Å². The van der Waals surface area contributed by atoms with Crippen LogP contribution in [0.3, 0.4) is 0 Å². The Balaban J connectivity index is 2.17. The molecule has 1 aliphatic carbocycles. The molecule has 94 valence electrons. The van der Waals surface area contributed by atoms with Crippen LogP contribution in [0, 0.1) is 0 Å². The van der Waals surface area contributed by atoms with E-state index in [-0.39, 0.29) is 18.2 Å². The van der Waals surface area contributed by atoms with E-state index in [1.807, 2.05) is 0 Å². The van der Waals surface area contributed by atoms with Crippen LogP contribution in [-0.2, 0) is 4.74 Å². The van der Waals surface area contributed by atoms with E-state index in [1.165, 1.54) is 17.4 Å². The molecule has 0 unspecified atom stereocenters. The molecule has 5 nitrogen and oxygen atoms in total. The van der Waals surface area contributed by atoms with Crippen molar-refractivity contribution in [2.45, 2.75) is 45.1 Å². The molecule has 1 aliphatic rings. The molecular formula is C12H17NO4. The van der Waals surface area contributed by atoms with Crippen molar-refractivity contribution >= 4 is 5.97 Å². The van der Waals surface area contributed by atoms with E-state index in [1.54, 1.807) is 6.92 Å². The Morgan fingerprint density at radius 1 is 1.47 bits per heavy atom. The van der Waals surface area contributed by atoms with Gasteiger partial charge in [0.2, 0.25) is 0 Å². The maximum atomic E-state index is 11.5. The standard InChI is InChI=1S/C12H17NO4/c1-2-16-11(14)10-8-13(17-12(10)15)9-6-4-3-5-7-9/h8-9H,2-7H2,1H3. The van der Waals surface area contributed by atoms with Crippen molar-refractivity contribution in [1.82, 2.24) is 4.74 Å². The van der Waals surface area contributed by atoms with Crippen molar-refractivity contribution in [3.8, 4) is 0 Å². The van der Waals surface area contributed by atoms with Crippen molar-refractivity contribution in [3.05, 3.63) is 22.2 Å². The molecule has 1 fully saturated rings. The molecule has 17 heavy (non-hydrogen) atoms. The molecule has 1 aromatic heterocycles. The lowest BCUT2D eigenvalue weighted by molar-refractivity contribution is 0.0523. The highest BCUT2D eigenvalue weighted by Crippen LogP contribution is 2.27. The average Bonchev–Trinajstić information content (AvgIpc) is 2.73. The molecule has 1 aromatic rings. The van der Waals surface area contributed by atoms with E-state index in [0.29, 0.717) is 0 Å². The third kappa shape index (κ3) is 2.60. The van der Waals surface area contributed by atoms with Crippen molar-refractivity contribution in [1.29, 1.82) is 0 Å². The van der Waals surface area contributed by atoms with Gasteiger partial charge in [0.25, 0.3) is 0 Å². The second kappa shape index (κ2) is 5.21. The number of carbonyl (C=O) groups is 1. The van der Waals surface area contributed by atoms with Gasteiger partial charge in [-0.15, -0.1) is 0 Å². The summed E-state index contributed by atoms with van der Waals surface area (Å²) in [6.45, 7) is 1.96. The molecular weight excluding hydrogens is 222 g/mol. The number of nitrogens with zero attached hydrogens (tertiary/aromatic N) is 1. The smallest absolute Gasteiger partial charge is 0.372 e. The fourth-order valence-electron chi connectivity index (χ4n) is 2.21. The molecule has 0 amide bonds. The molecule has 5 heteroatoms. The van der Waals surface area contributed by atoms with E-state index in [2.05, 4.69) is 0 Å². The van der Waals surface area contributed by atoms with Crippen LogP contribution >= 0.6 is 0 Å². The fourth-order valence-corrected chi connectivity index (χ4v) is 2.21. The maximum Gasteiger partial charge on any atom is 0.372 e. The Morgan fingerprint density at radius 3 is 2.82 bits per heavy atom. The Morgan fingerprint density at radius 2 is 2.18 bits per heavy atom. The molecule has 0 N–H and O–H groups in total. The summed E-state index contributed by atoms with van der Waals surface area (Å²) in [4.78, 5) is 23.0. The normalized spacial score (nSPS) is 17.0. The number of carbonyl (C=O) groups excluding carboxylic acids is 1. The Kier molecular flexibility index (Phi) is 3.66. The lowest BCUT2D eigenvalue weighted by Gasteiger charge is -2.20. The topological polar surface area (TPSA) is 61.4 Å². The summed E-state index contributed by atoms with van der Waals surface area (Å²) >= 11 is 0. The minimum absolute atomic E-state index is 0.00239. The van der Waals surface area contributed by atoms with Crippen molar-refractivity contribution < 1.29 is 14.1 Å². The van der Waals surface area contributed by atoms with Crippen LogP contribution in [0.5, 0.6) is 0 Å². The maximum absolute atomic E-state index is 11.5. The van der Waals surface area contributed by atoms with Gasteiger partial charge in [-0.2, -0.15) is 0 Å². The monoisotopic (exact) mass is 239 g/mol. The van der Waals surface area contributed by atoms with E-state index in [4.69, 9.17) is 9.26 Å². The van der Waals surface area contributed by atoms with Gasteiger partial charge in [-0.25, -0.2) is 14.3 Å². The van der Waals surface area contributed by atoms with Gasteiger partial charge in [-0.3, -0.25) is 0 Å². The van der Waals surface area contributed by atoms with Gasteiger partial charge in [0.1, 0.15) is 0 Å². The summed E-state index contributed by atoms with van der Waals surface area (Å²) in [5.74, 6) is -0.601. The summed E-state index contributed by atoms with van der Waals surface area (Å²) in [7, 11) is 0. The first kappa shape index (κ1) is 12.0. The van der Waals surface area contributed by atoms with Gasteiger partial charge in [0.05, 0.1) is 18.8 Å². The van der Waals surface area contributed by atoms with Crippen molar-refractivity contribution in [2.24, 2.45) is 0 Å². The second-order valence-electron chi connectivity index (χ2n) is 4.29. The highest BCUT2D eigenvalue weighted by Gasteiger charge is 2.22. The Hall–Kier alpha value is -1.52. The van der Waals surface area contributed by atoms with Gasteiger partial charge in [-0.1, -0.05) is 19.3 Å². The third-order valence-corrected chi connectivity index (χ3v) is 3.09. The summed E-state index contributed by atoms with van der Waals surface area (Å²) in [6, 6.07) is 0.208. The Labute approximate surface area is 99.3 Å².